The van der Waals surface area contributed by atoms with Crippen molar-refractivity contribution < 1.29 is 5.11 Å². The molecule has 1 aliphatic rings. The van der Waals surface area contributed by atoms with Crippen molar-refractivity contribution in [3.8, 4) is 56.2 Å². The van der Waals surface area contributed by atoms with Crippen LogP contribution in [0, 0.1) is 0 Å². The van der Waals surface area contributed by atoms with E-state index in [2.05, 4.69) is 201 Å². The van der Waals surface area contributed by atoms with Crippen LogP contribution in [0.2, 0.25) is 10.2 Å². The Balaban J connectivity index is 1.23. The SMILES string of the molecule is Bc1c(B)c(O)c(B)c(-c2nc3ccccc3n2-c2cccc(-c3c4ccccc4c(-c4ccc5c(c4)C(C(B)(B)B)(C(B)(B)B)c4ccccc4-5)c4ccccc34)c2)c1B. The summed E-state index contributed by atoms with van der Waals surface area (Å²) in [6, 6.07) is 51.7. The molecule has 1 N–H and O–H groups in total. The van der Waals surface area contributed by atoms with Crippen LogP contribution in [0.1, 0.15) is 11.1 Å². The van der Waals surface area contributed by atoms with E-state index in [0.717, 1.165) is 55.5 Å². The lowest BCUT2D eigenvalue weighted by molar-refractivity contribution is 0.484. The zero-order valence-electron chi connectivity index (χ0n) is 37.1. The maximum absolute atomic E-state index is 11.3. The lowest BCUT2D eigenvalue weighted by Gasteiger charge is -2.54. The van der Waals surface area contributed by atoms with Gasteiger partial charge in [-0.15, -0.1) is 0 Å². The third-order valence-electron chi connectivity index (χ3n) is 14.3. The van der Waals surface area contributed by atoms with Crippen LogP contribution in [0.3, 0.4) is 0 Å². The summed E-state index contributed by atoms with van der Waals surface area (Å²) in [4.78, 5) is 5.27. The summed E-state index contributed by atoms with van der Waals surface area (Å²) in [5, 5.41) is 16.1. The molecule has 0 spiro atoms. The molecule has 0 fully saturated rings. The van der Waals surface area contributed by atoms with Gasteiger partial charge in [-0.3, -0.25) is 4.57 Å². The van der Waals surface area contributed by atoms with Gasteiger partial charge in [-0.25, -0.2) is 4.98 Å². The molecule has 8 aromatic carbocycles. The molecule has 0 atom stereocenters. The zero-order valence-corrected chi connectivity index (χ0v) is 37.1. The van der Waals surface area contributed by atoms with E-state index >= 15 is 0 Å². The predicted octanol–water partition coefficient (Wildman–Crippen LogP) is -0.715. The summed E-state index contributed by atoms with van der Waals surface area (Å²) in [5.41, 5.74) is 18.1. The van der Waals surface area contributed by atoms with E-state index in [-0.39, 0.29) is 15.6 Å². The minimum atomic E-state index is -0.211. The summed E-state index contributed by atoms with van der Waals surface area (Å²) in [7, 11) is 22.8. The van der Waals surface area contributed by atoms with Gasteiger partial charge in [-0.2, -0.15) is 0 Å². The molecule has 10 rings (SSSR count). The van der Waals surface area contributed by atoms with Crippen LogP contribution in [0.5, 0.6) is 5.75 Å². The van der Waals surface area contributed by atoms with E-state index in [1.807, 2.05) is 21.8 Å². The standard InChI is InChI=1S/C48H44B10N2O/c49-40-39(41(50)44(61)43(52)42(40)51)45-59-35-18-7-8-19-36(35)60(45)26-11-9-10-24(22-26)37-29-13-1-3-15-31(29)38(32-16-4-2-14-30(32)37)25-20-21-28-27-12-5-6-17-33(27)46(34(28)23-25,47(53,54)55)48(56,57)58/h1-23,61H,49-58H2. The number of phenolic OH excluding ortho intramolecular Hbond substituents is 1. The normalized spacial score (nSPS) is 13.4. The molecular weight excluding hydrogens is 729 g/mol. The van der Waals surface area contributed by atoms with Crippen molar-refractivity contribution in [1.82, 2.24) is 9.55 Å². The molecule has 0 saturated carbocycles. The molecule has 9 aromatic rings. The van der Waals surface area contributed by atoms with Crippen LogP contribution >= 0.6 is 0 Å². The fourth-order valence-electron chi connectivity index (χ4n) is 11.8. The van der Waals surface area contributed by atoms with Crippen molar-refractivity contribution in [1.29, 1.82) is 0 Å². The topological polar surface area (TPSA) is 38.1 Å². The van der Waals surface area contributed by atoms with Gasteiger partial charge in [0.15, 0.2) is 0 Å². The molecule has 1 aliphatic carbocycles. The maximum atomic E-state index is 11.3. The second-order valence-corrected chi connectivity index (χ2v) is 19.4. The number of fused-ring (bicyclic) bond motifs is 6. The van der Waals surface area contributed by atoms with E-state index in [0.29, 0.717) is 5.75 Å². The fourth-order valence-corrected chi connectivity index (χ4v) is 11.8. The molecule has 0 aliphatic heterocycles. The molecule has 61 heavy (non-hydrogen) atoms. The summed E-state index contributed by atoms with van der Waals surface area (Å²) < 4.78 is 2.28. The molecule has 0 saturated heterocycles. The van der Waals surface area contributed by atoms with Gasteiger partial charge in [0.2, 0.25) is 0 Å². The molecule has 1 heterocycles. The van der Waals surface area contributed by atoms with Crippen molar-refractivity contribution >= 4 is 133 Å². The van der Waals surface area contributed by atoms with Gasteiger partial charge >= 0.3 is 0 Å². The van der Waals surface area contributed by atoms with Gasteiger partial charge in [0, 0.05) is 11.3 Å². The molecule has 0 unspecified atom stereocenters. The molecule has 282 valence electrons. The first-order valence-corrected chi connectivity index (χ1v) is 21.7. The Morgan fingerprint density at radius 3 is 1.64 bits per heavy atom. The average Bonchev–Trinajstić information content (AvgIpc) is 3.78. The second-order valence-electron chi connectivity index (χ2n) is 19.4. The summed E-state index contributed by atoms with van der Waals surface area (Å²) >= 11 is 0. The minimum Gasteiger partial charge on any atom is -0.509 e. The molecular formula is C48H44B10N2O. The van der Waals surface area contributed by atoms with Gasteiger partial charge in [0.05, 0.1) is 58.1 Å². The van der Waals surface area contributed by atoms with E-state index in [1.54, 1.807) is 0 Å². The van der Waals surface area contributed by atoms with Crippen LogP contribution in [0.4, 0.5) is 0 Å². The Morgan fingerprint density at radius 1 is 0.475 bits per heavy atom. The largest absolute Gasteiger partial charge is 0.509 e. The highest BCUT2D eigenvalue weighted by atomic mass is 16.3. The first kappa shape index (κ1) is 39.3. The average molecular weight is 773 g/mol. The number of aromatic nitrogens is 2. The number of nitrogens with zero attached hydrogens (tertiary/aromatic N) is 2. The molecule has 1 aromatic heterocycles. The summed E-state index contributed by atoms with van der Waals surface area (Å²) in [6.07, 6.45) is 0. The second kappa shape index (κ2) is 13.9. The van der Waals surface area contributed by atoms with Gasteiger partial charge in [-0.1, -0.05) is 136 Å². The first-order valence-electron chi connectivity index (χ1n) is 21.7. The van der Waals surface area contributed by atoms with Crippen LogP contribution in [-0.4, -0.2) is 93.1 Å². The Hall–Kier alpha value is -5.80. The third-order valence-corrected chi connectivity index (χ3v) is 14.3. The first-order chi connectivity index (χ1) is 29.1. The van der Waals surface area contributed by atoms with Crippen LogP contribution in [0.15, 0.2) is 140 Å². The highest BCUT2D eigenvalue weighted by Gasteiger charge is 2.56. The number of phenols is 1. The summed E-state index contributed by atoms with van der Waals surface area (Å²) in [5.74, 6) is 1.16. The highest BCUT2D eigenvalue weighted by molar-refractivity contribution is 6.66. The third kappa shape index (κ3) is 5.54. The fraction of sp³-hybridized carbons (Fsp3) is 0.0625. The van der Waals surface area contributed by atoms with Crippen molar-refractivity contribution in [2.75, 3.05) is 0 Å². The number of rotatable bonds is 6. The summed E-state index contributed by atoms with van der Waals surface area (Å²) in [6.45, 7) is 0. The van der Waals surface area contributed by atoms with Crippen LogP contribution < -0.4 is 21.9 Å². The van der Waals surface area contributed by atoms with Crippen molar-refractivity contribution in [3.63, 3.8) is 0 Å². The van der Waals surface area contributed by atoms with E-state index in [4.69, 9.17) is 4.98 Å². The lowest BCUT2D eigenvalue weighted by Crippen LogP contribution is -2.52. The van der Waals surface area contributed by atoms with Crippen molar-refractivity contribution in [2.45, 2.75) is 15.6 Å². The van der Waals surface area contributed by atoms with E-state index < -0.39 is 0 Å². The van der Waals surface area contributed by atoms with Gasteiger partial charge in [-0.05, 0) is 107 Å². The van der Waals surface area contributed by atoms with Gasteiger partial charge in [0.25, 0.3) is 0 Å². The Kier molecular flexibility index (Phi) is 8.94. The molecule has 0 radical (unpaired) electrons. The smallest absolute Gasteiger partial charge is 0.145 e. The van der Waals surface area contributed by atoms with E-state index in [1.165, 1.54) is 60.5 Å². The van der Waals surface area contributed by atoms with Crippen LogP contribution in [-0.2, 0) is 5.41 Å². The quantitative estimate of drug-likeness (QED) is 0.179. The number of hydrogen-bond acceptors (Lipinski definition) is 2. The molecule has 3 nitrogen and oxygen atoms in total. The lowest BCUT2D eigenvalue weighted by atomic mass is 9.18. The zero-order chi connectivity index (χ0) is 42.7. The van der Waals surface area contributed by atoms with Crippen molar-refractivity contribution in [3.05, 3.63) is 151 Å². The number of aromatic hydroxyl groups is 1. The molecule has 0 bridgehead atoms. The Morgan fingerprint density at radius 2 is 1.02 bits per heavy atom. The monoisotopic (exact) mass is 774 g/mol. The Labute approximate surface area is 368 Å². The van der Waals surface area contributed by atoms with E-state index in [9.17, 15) is 5.11 Å². The maximum Gasteiger partial charge on any atom is 0.145 e. The van der Waals surface area contributed by atoms with Crippen LogP contribution in [0.25, 0.3) is 83.0 Å². The Bertz CT molecular complexity index is 3210. The van der Waals surface area contributed by atoms with Crippen molar-refractivity contribution in [2.24, 2.45) is 0 Å². The minimum absolute atomic E-state index is 0.0548. The predicted molar refractivity (Wildman–Crippen MR) is 290 cm³/mol. The number of para-hydroxylation sites is 2. The molecule has 13 heteroatoms. The number of imidazole rings is 1. The van der Waals surface area contributed by atoms with Gasteiger partial charge in [0.1, 0.15) is 43.0 Å². The highest BCUT2D eigenvalue weighted by Crippen LogP contribution is 2.65. The molecule has 0 amide bonds. The number of hydrogen-bond donors (Lipinski definition) is 1. The van der Waals surface area contributed by atoms with Gasteiger partial charge < -0.3 is 5.11 Å². The number of benzene rings is 8.